The number of nitrogens with zero attached hydrogens (tertiary/aromatic N) is 1. The van der Waals surface area contributed by atoms with Crippen LogP contribution in [0.4, 0.5) is 0 Å². The van der Waals surface area contributed by atoms with E-state index < -0.39 is 0 Å². The molecule has 0 saturated heterocycles. The third kappa shape index (κ3) is 3.27. The topological polar surface area (TPSA) is 0 Å². The second-order valence-electron chi connectivity index (χ2n) is 6.64. The molecule has 0 aromatic rings. The van der Waals surface area contributed by atoms with Crippen molar-refractivity contribution in [2.75, 3.05) is 27.7 Å². The first-order chi connectivity index (χ1) is 6.29. The summed E-state index contributed by atoms with van der Waals surface area (Å²) in [4.78, 5) is 0. The molecule has 0 spiro atoms. The van der Waals surface area contributed by atoms with Gasteiger partial charge < -0.3 is 4.48 Å². The highest BCUT2D eigenvalue weighted by Crippen LogP contribution is 2.37. The van der Waals surface area contributed by atoms with Crippen molar-refractivity contribution in [3.63, 3.8) is 0 Å². The lowest BCUT2D eigenvalue weighted by Crippen LogP contribution is -2.43. The molecule has 0 amide bonds. The van der Waals surface area contributed by atoms with Crippen molar-refractivity contribution in [2.24, 2.45) is 23.7 Å². The minimum absolute atomic E-state index is 0.929. The van der Waals surface area contributed by atoms with Crippen LogP contribution in [-0.2, 0) is 0 Å². The molecule has 1 nitrogen and oxygen atoms in total. The molecule has 0 heterocycles. The second-order valence-corrected chi connectivity index (χ2v) is 6.64. The van der Waals surface area contributed by atoms with Crippen molar-refractivity contribution in [2.45, 2.75) is 33.6 Å². The summed E-state index contributed by atoms with van der Waals surface area (Å²) in [6.07, 6.45) is 2.88. The van der Waals surface area contributed by atoms with Crippen LogP contribution >= 0.6 is 0 Å². The first kappa shape index (κ1) is 12.0. The zero-order valence-corrected chi connectivity index (χ0v) is 10.9. The highest BCUT2D eigenvalue weighted by atomic mass is 15.3. The molecule has 4 unspecified atom stereocenters. The van der Waals surface area contributed by atoms with Gasteiger partial charge in [-0.05, 0) is 30.6 Å². The molecule has 4 atom stereocenters. The molecular weight excluding hydrogens is 170 g/mol. The minimum Gasteiger partial charge on any atom is -0.331 e. The Hall–Kier alpha value is -0.0400. The molecule has 1 fully saturated rings. The van der Waals surface area contributed by atoms with Crippen LogP contribution < -0.4 is 0 Å². The van der Waals surface area contributed by atoms with Gasteiger partial charge in [-0.25, -0.2) is 0 Å². The molecule has 0 bridgehead atoms. The fourth-order valence-electron chi connectivity index (χ4n) is 2.91. The number of hydrogen-bond donors (Lipinski definition) is 0. The molecular formula is C13H28N+. The summed E-state index contributed by atoms with van der Waals surface area (Å²) in [6, 6.07) is 0. The number of hydrogen-bond acceptors (Lipinski definition) is 0. The summed E-state index contributed by atoms with van der Waals surface area (Å²) in [6.45, 7) is 8.64. The average molecular weight is 198 g/mol. The Labute approximate surface area is 90.1 Å². The van der Waals surface area contributed by atoms with Gasteiger partial charge in [0.15, 0.2) is 0 Å². The number of quaternary nitrogens is 1. The molecule has 1 aliphatic rings. The third-order valence-corrected chi connectivity index (χ3v) is 3.98. The first-order valence-electron chi connectivity index (χ1n) is 6.10. The van der Waals surface area contributed by atoms with Gasteiger partial charge in [0.05, 0.1) is 27.7 Å². The lowest BCUT2D eigenvalue weighted by atomic mass is 9.70. The predicted molar refractivity (Wildman–Crippen MR) is 63.1 cm³/mol. The Morgan fingerprint density at radius 1 is 0.857 bits per heavy atom. The van der Waals surface area contributed by atoms with E-state index in [0.717, 1.165) is 28.2 Å². The Kier molecular flexibility index (Phi) is 3.63. The van der Waals surface area contributed by atoms with Crippen molar-refractivity contribution >= 4 is 0 Å². The largest absolute Gasteiger partial charge is 0.331 e. The van der Waals surface area contributed by atoms with E-state index in [-0.39, 0.29) is 0 Å². The average Bonchev–Trinajstić information content (AvgIpc) is 1.97. The smallest absolute Gasteiger partial charge is 0.0811 e. The van der Waals surface area contributed by atoms with Crippen LogP contribution in [0.2, 0.25) is 0 Å². The van der Waals surface area contributed by atoms with E-state index in [9.17, 15) is 0 Å². The Morgan fingerprint density at radius 2 is 1.36 bits per heavy atom. The summed E-state index contributed by atoms with van der Waals surface area (Å²) in [7, 11) is 6.94. The zero-order chi connectivity index (χ0) is 10.9. The molecule has 1 saturated carbocycles. The van der Waals surface area contributed by atoms with Crippen molar-refractivity contribution in [3.05, 3.63) is 0 Å². The first-order valence-corrected chi connectivity index (χ1v) is 6.10. The van der Waals surface area contributed by atoms with E-state index in [1.165, 1.54) is 19.4 Å². The van der Waals surface area contributed by atoms with E-state index >= 15 is 0 Å². The molecule has 1 aliphatic carbocycles. The highest BCUT2D eigenvalue weighted by Gasteiger charge is 2.33. The maximum atomic E-state index is 2.45. The second kappa shape index (κ2) is 4.22. The summed E-state index contributed by atoms with van der Waals surface area (Å²) in [5.41, 5.74) is 0. The van der Waals surface area contributed by atoms with Gasteiger partial charge in [-0.1, -0.05) is 20.8 Å². The minimum atomic E-state index is 0.929. The quantitative estimate of drug-likeness (QED) is 0.598. The van der Waals surface area contributed by atoms with E-state index in [1.807, 2.05) is 0 Å². The summed E-state index contributed by atoms with van der Waals surface area (Å²) in [5, 5.41) is 0. The SMILES string of the molecule is CC1CC(C)C(C[N+](C)(C)C)CC1C. The molecule has 1 rings (SSSR count). The van der Waals surface area contributed by atoms with Gasteiger partial charge in [0.2, 0.25) is 0 Å². The van der Waals surface area contributed by atoms with Crippen LogP contribution in [0.3, 0.4) is 0 Å². The lowest BCUT2D eigenvalue weighted by molar-refractivity contribution is -0.874. The van der Waals surface area contributed by atoms with Crippen LogP contribution in [0.5, 0.6) is 0 Å². The zero-order valence-electron chi connectivity index (χ0n) is 10.9. The molecule has 84 valence electrons. The van der Waals surface area contributed by atoms with E-state index in [1.54, 1.807) is 0 Å². The van der Waals surface area contributed by atoms with Crippen molar-refractivity contribution in [1.82, 2.24) is 0 Å². The maximum absolute atomic E-state index is 2.45. The molecule has 0 aromatic carbocycles. The van der Waals surface area contributed by atoms with E-state index in [4.69, 9.17) is 0 Å². The van der Waals surface area contributed by atoms with Crippen LogP contribution in [0.25, 0.3) is 0 Å². The van der Waals surface area contributed by atoms with Crippen LogP contribution in [0.1, 0.15) is 33.6 Å². The Bertz CT molecular complexity index is 180. The fraction of sp³-hybridized carbons (Fsp3) is 1.00. The van der Waals surface area contributed by atoms with E-state index in [0.29, 0.717) is 0 Å². The third-order valence-electron chi connectivity index (χ3n) is 3.98. The summed E-state index contributed by atoms with van der Waals surface area (Å²) < 4.78 is 1.12. The molecule has 1 heteroatoms. The molecule has 14 heavy (non-hydrogen) atoms. The monoisotopic (exact) mass is 198 g/mol. The standard InChI is InChI=1S/C13H28N/c1-10-7-12(3)13(8-11(10)2)9-14(4,5)6/h10-13H,7-9H2,1-6H3/q+1. The van der Waals surface area contributed by atoms with Crippen molar-refractivity contribution < 1.29 is 4.48 Å². The van der Waals surface area contributed by atoms with Crippen molar-refractivity contribution in [3.8, 4) is 0 Å². The fourth-order valence-corrected chi connectivity index (χ4v) is 2.91. The molecule has 0 aliphatic heterocycles. The van der Waals surface area contributed by atoms with Gasteiger partial charge in [0.1, 0.15) is 0 Å². The highest BCUT2D eigenvalue weighted by molar-refractivity contribution is 4.79. The summed E-state index contributed by atoms with van der Waals surface area (Å²) in [5.74, 6) is 3.75. The van der Waals surface area contributed by atoms with Crippen molar-refractivity contribution in [1.29, 1.82) is 0 Å². The Morgan fingerprint density at radius 3 is 1.86 bits per heavy atom. The Balaban J connectivity index is 2.53. The van der Waals surface area contributed by atoms with Gasteiger partial charge in [0, 0.05) is 5.92 Å². The lowest BCUT2D eigenvalue weighted by Gasteiger charge is -2.40. The maximum Gasteiger partial charge on any atom is 0.0811 e. The van der Waals surface area contributed by atoms with Crippen LogP contribution in [-0.4, -0.2) is 32.2 Å². The number of rotatable bonds is 2. The van der Waals surface area contributed by atoms with Gasteiger partial charge in [0.25, 0.3) is 0 Å². The van der Waals surface area contributed by atoms with Gasteiger partial charge in [-0.2, -0.15) is 0 Å². The van der Waals surface area contributed by atoms with Crippen LogP contribution in [0, 0.1) is 23.7 Å². The summed E-state index contributed by atoms with van der Waals surface area (Å²) >= 11 is 0. The molecule has 0 aromatic heterocycles. The van der Waals surface area contributed by atoms with Gasteiger partial charge in [-0.3, -0.25) is 0 Å². The van der Waals surface area contributed by atoms with Gasteiger partial charge >= 0.3 is 0 Å². The van der Waals surface area contributed by atoms with E-state index in [2.05, 4.69) is 41.9 Å². The molecule has 0 radical (unpaired) electrons. The predicted octanol–water partition coefficient (Wildman–Crippen LogP) is 3.01. The normalized spacial score (nSPS) is 39.9. The van der Waals surface area contributed by atoms with Gasteiger partial charge in [-0.15, -0.1) is 0 Å². The molecule has 0 N–H and O–H groups in total. The van der Waals surface area contributed by atoms with Crippen LogP contribution in [0.15, 0.2) is 0 Å².